The average molecular weight is 272 g/mol. The Bertz CT molecular complexity index is 832. The minimum absolute atomic E-state index is 0.104. The van der Waals surface area contributed by atoms with Crippen LogP contribution < -0.4 is 0 Å². The lowest BCUT2D eigenvalue weighted by Gasteiger charge is -2.28. The van der Waals surface area contributed by atoms with Crippen molar-refractivity contribution in [2.75, 3.05) is 0 Å². The summed E-state index contributed by atoms with van der Waals surface area (Å²) in [6.45, 7) is 0. The highest BCUT2D eigenvalue weighted by atomic mass is 16.1. The first-order valence-electron chi connectivity index (χ1n) is 7.39. The van der Waals surface area contributed by atoms with Gasteiger partial charge in [0.1, 0.15) is 5.78 Å². The van der Waals surface area contributed by atoms with Gasteiger partial charge in [-0.1, -0.05) is 66.7 Å². The highest BCUT2D eigenvalue weighted by molar-refractivity contribution is 5.91. The van der Waals surface area contributed by atoms with Crippen molar-refractivity contribution in [3.63, 3.8) is 0 Å². The van der Waals surface area contributed by atoms with Gasteiger partial charge in [0.05, 0.1) is 0 Å². The molecule has 1 atom stereocenters. The van der Waals surface area contributed by atoms with Crippen LogP contribution in [0.15, 0.2) is 66.7 Å². The van der Waals surface area contributed by atoms with Crippen molar-refractivity contribution in [1.82, 2.24) is 0 Å². The number of Topliss-reactive ketones (excluding diaryl/α,β-unsaturated/α-hetero) is 1. The predicted molar refractivity (Wildman–Crippen MR) is 85.5 cm³/mol. The third kappa shape index (κ3) is 2.15. The van der Waals surface area contributed by atoms with Crippen molar-refractivity contribution in [3.05, 3.63) is 83.4 Å². The van der Waals surface area contributed by atoms with E-state index >= 15 is 0 Å². The first-order valence-corrected chi connectivity index (χ1v) is 7.39. The van der Waals surface area contributed by atoms with Gasteiger partial charge in [-0.05, 0) is 33.9 Å². The molecular formula is C20H16O. The molecule has 0 spiro atoms. The zero-order chi connectivity index (χ0) is 14.2. The van der Waals surface area contributed by atoms with Gasteiger partial charge in [0.25, 0.3) is 0 Å². The quantitative estimate of drug-likeness (QED) is 0.695. The Labute approximate surface area is 124 Å². The number of benzene rings is 3. The van der Waals surface area contributed by atoms with Crippen LogP contribution in [0, 0.1) is 0 Å². The molecule has 0 aliphatic heterocycles. The van der Waals surface area contributed by atoms with Crippen LogP contribution in [0.1, 0.15) is 22.6 Å². The molecule has 1 aliphatic rings. The van der Waals surface area contributed by atoms with Crippen LogP contribution in [0.3, 0.4) is 0 Å². The Hall–Kier alpha value is -2.41. The van der Waals surface area contributed by atoms with Gasteiger partial charge in [0.15, 0.2) is 0 Å². The van der Waals surface area contributed by atoms with Crippen LogP contribution in [0.4, 0.5) is 0 Å². The summed E-state index contributed by atoms with van der Waals surface area (Å²) in [6.07, 6.45) is 1.44. The van der Waals surface area contributed by atoms with Crippen LogP contribution in [-0.2, 0) is 17.6 Å². The molecule has 21 heavy (non-hydrogen) atoms. The van der Waals surface area contributed by atoms with E-state index in [1.807, 2.05) is 24.3 Å². The number of hydrogen-bond acceptors (Lipinski definition) is 1. The molecule has 1 heteroatoms. The van der Waals surface area contributed by atoms with E-state index in [9.17, 15) is 4.79 Å². The number of rotatable bonds is 3. The highest BCUT2D eigenvalue weighted by Gasteiger charge is 2.31. The largest absolute Gasteiger partial charge is 0.299 e. The highest BCUT2D eigenvalue weighted by Crippen LogP contribution is 2.36. The zero-order valence-corrected chi connectivity index (χ0v) is 11.8. The Morgan fingerprint density at radius 1 is 0.905 bits per heavy atom. The molecular weight excluding hydrogens is 256 g/mol. The fraction of sp³-hybridized carbons (Fsp3) is 0.150. The van der Waals surface area contributed by atoms with E-state index in [2.05, 4.69) is 42.5 Å². The van der Waals surface area contributed by atoms with E-state index < -0.39 is 0 Å². The van der Waals surface area contributed by atoms with Gasteiger partial charge in [-0.2, -0.15) is 0 Å². The minimum atomic E-state index is 0.104. The van der Waals surface area contributed by atoms with Crippen LogP contribution in [0.5, 0.6) is 0 Å². The van der Waals surface area contributed by atoms with Crippen molar-refractivity contribution >= 4 is 16.6 Å². The number of hydrogen-bond donors (Lipinski definition) is 0. The van der Waals surface area contributed by atoms with Gasteiger partial charge in [0.2, 0.25) is 0 Å². The van der Waals surface area contributed by atoms with E-state index in [0.717, 1.165) is 12.0 Å². The van der Waals surface area contributed by atoms with Crippen molar-refractivity contribution in [1.29, 1.82) is 0 Å². The summed E-state index contributed by atoms with van der Waals surface area (Å²) >= 11 is 0. The Morgan fingerprint density at radius 2 is 1.67 bits per heavy atom. The van der Waals surface area contributed by atoms with Crippen LogP contribution in [-0.4, -0.2) is 5.78 Å². The summed E-state index contributed by atoms with van der Waals surface area (Å²) in [5, 5.41) is 2.43. The normalized spacial score (nSPS) is 16.3. The summed E-state index contributed by atoms with van der Waals surface area (Å²) in [4.78, 5) is 12.5. The summed E-state index contributed by atoms with van der Waals surface area (Å²) in [7, 11) is 0. The monoisotopic (exact) mass is 272 g/mol. The van der Waals surface area contributed by atoms with Gasteiger partial charge in [-0.3, -0.25) is 4.79 Å². The van der Waals surface area contributed by atoms with E-state index in [-0.39, 0.29) is 5.92 Å². The van der Waals surface area contributed by atoms with Gasteiger partial charge < -0.3 is 0 Å². The Morgan fingerprint density at radius 3 is 2.52 bits per heavy atom. The fourth-order valence-corrected chi connectivity index (χ4v) is 3.22. The zero-order valence-electron chi connectivity index (χ0n) is 11.8. The molecule has 0 saturated carbocycles. The maximum Gasteiger partial charge on any atom is 0.145 e. The lowest BCUT2D eigenvalue weighted by molar-refractivity contribution is -0.120. The van der Waals surface area contributed by atoms with Gasteiger partial charge >= 0.3 is 0 Å². The third-order valence-corrected chi connectivity index (χ3v) is 4.44. The van der Waals surface area contributed by atoms with Crippen LogP contribution >= 0.6 is 0 Å². The Kier molecular flexibility index (Phi) is 2.85. The first kappa shape index (κ1) is 12.3. The summed E-state index contributed by atoms with van der Waals surface area (Å²) < 4.78 is 0. The van der Waals surface area contributed by atoms with E-state index in [0.29, 0.717) is 12.2 Å². The topological polar surface area (TPSA) is 17.1 Å². The van der Waals surface area contributed by atoms with Crippen molar-refractivity contribution in [2.45, 2.75) is 18.8 Å². The molecule has 1 aliphatic carbocycles. The van der Waals surface area contributed by atoms with Gasteiger partial charge in [0, 0.05) is 12.3 Å². The number of ketones is 1. The molecule has 0 radical (unpaired) electrons. The average Bonchev–Trinajstić information content (AvgIpc) is 2.48. The van der Waals surface area contributed by atoms with Crippen LogP contribution in [0.25, 0.3) is 10.8 Å². The lowest BCUT2D eigenvalue weighted by Crippen LogP contribution is -2.26. The molecule has 0 N–H and O–H groups in total. The van der Waals surface area contributed by atoms with E-state index in [1.165, 1.54) is 21.9 Å². The van der Waals surface area contributed by atoms with Crippen molar-refractivity contribution in [2.24, 2.45) is 0 Å². The third-order valence-electron chi connectivity index (χ3n) is 4.44. The lowest BCUT2D eigenvalue weighted by atomic mass is 9.74. The summed E-state index contributed by atoms with van der Waals surface area (Å²) in [6, 6.07) is 22.9. The van der Waals surface area contributed by atoms with E-state index in [4.69, 9.17) is 0 Å². The molecule has 102 valence electrons. The molecule has 0 heterocycles. The SMILES string of the molecule is O=C(Cc1ccc2ccccc2c1)C1Cc2ccccc21. The molecule has 3 aromatic carbocycles. The molecule has 3 aromatic rings. The van der Waals surface area contributed by atoms with Gasteiger partial charge in [-0.25, -0.2) is 0 Å². The second-order valence-corrected chi connectivity index (χ2v) is 5.78. The van der Waals surface area contributed by atoms with Crippen molar-refractivity contribution in [3.8, 4) is 0 Å². The second-order valence-electron chi connectivity index (χ2n) is 5.78. The molecule has 0 fully saturated rings. The van der Waals surface area contributed by atoms with Crippen molar-refractivity contribution < 1.29 is 4.79 Å². The fourth-order valence-electron chi connectivity index (χ4n) is 3.22. The molecule has 1 unspecified atom stereocenters. The molecule has 0 amide bonds. The maximum absolute atomic E-state index is 12.5. The Balaban J connectivity index is 1.57. The molecule has 4 rings (SSSR count). The smallest absolute Gasteiger partial charge is 0.145 e. The summed E-state index contributed by atoms with van der Waals surface area (Å²) in [5.74, 6) is 0.441. The number of fused-ring (bicyclic) bond motifs is 2. The number of carbonyl (C=O) groups excluding carboxylic acids is 1. The molecule has 0 aromatic heterocycles. The number of carbonyl (C=O) groups is 1. The maximum atomic E-state index is 12.5. The predicted octanol–water partition coefficient (Wildman–Crippen LogP) is 4.29. The first-order chi connectivity index (χ1) is 10.3. The molecule has 0 saturated heterocycles. The molecule has 0 bridgehead atoms. The molecule has 1 nitrogen and oxygen atoms in total. The van der Waals surface area contributed by atoms with Gasteiger partial charge in [-0.15, -0.1) is 0 Å². The minimum Gasteiger partial charge on any atom is -0.299 e. The second kappa shape index (κ2) is 4.85. The standard InChI is InChI=1S/C20H16O/c21-20(19-13-17-7-3-4-8-18(17)19)12-14-9-10-15-5-1-2-6-16(15)11-14/h1-11,19H,12-13H2. The summed E-state index contributed by atoms with van der Waals surface area (Å²) in [5.41, 5.74) is 3.67. The van der Waals surface area contributed by atoms with Crippen LogP contribution in [0.2, 0.25) is 0 Å². The van der Waals surface area contributed by atoms with E-state index in [1.54, 1.807) is 0 Å².